The largest absolute Gasteiger partial charge is 0.388 e. The first-order chi connectivity index (χ1) is 22.8. The van der Waals surface area contributed by atoms with Crippen LogP contribution in [0, 0.1) is 17.2 Å². The van der Waals surface area contributed by atoms with Gasteiger partial charge in [-0.1, -0.05) is 88.1 Å². The normalized spacial score (nSPS) is 14.2. The molecule has 0 saturated heterocycles. The molecule has 0 aliphatic carbocycles. The molecule has 5 atom stereocenters. The van der Waals surface area contributed by atoms with E-state index in [0.717, 1.165) is 37.7 Å². The first-order valence-electron chi connectivity index (χ1n) is 16.4. The number of aliphatic hydroxyl groups excluding tert-OH is 2. The monoisotopic (exact) mass is 641 g/mol. The number of nitrogens with one attached hydrogen (secondary N) is 3. The molecular weight excluding hydrogens is 594 g/mol. The third-order valence-corrected chi connectivity index (χ3v) is 8.27. The van der Waals surface area contributed by atoms with Crippen molar-refractivity contribution in [1.82, 2.24) is 20.9 Å². The molecule has 3 aromatic rings. The van der Waals surface area contributed by atoms with E-state index < -0.39 is 48.1 Å². The van der Waals surface area contributed by atoms with E-state index >= 15 is 0 Å². The van der Waals surface area contributed by atoms with E-state index in [9.17, 15) is 29.9 Å². The van der Waals surface area contributed by atoms with Gasteiger partial charge in [-0.2, -0.15) is 5.26 Å². The molecule has 3 rings (SSSR count). The Morgan fingerprint density at radius 2 is 1.34 bits per heavy atom. The van der Waals surface area contributed by atoms with E-state index in [1.165, 1.54) is 6.20 Å². The number of rotatable bonds is 19. The quantitative estimate of drug-likeness (QED) is 0.130. The van der Waals surface area contributed by atoms with E-state index in [2.05, 4.69) is 34.8 Å². The Hall–Kier alpha value is -4.59. The Morgan fingerprint density at radius 1 is 0.745 bits per heavy atom. The zero-order valence-electron chi connectivity index (χ0n) is 27.2. The molecule has 250 valence electrons. The first kappa shape index (κ1) is 36.9. The summed E-state index contributed by atoms with van der Waals surface area (Å²) in [6, 6.07) is 19.7. The number of benzene rings is 2. The van der Waals surface area contributed by atoms with Gasteiger partial charge in [0.05, 0.1) is 30.1 Å². The third kappa shape index (κ3) is 11.9. The molecule has 5 N–H and O–H groups in total. The molecule has 10 heteroatoms. The molecular formula is C37H47N5O5. The van der Waals surface area contributed by atoms with Crippen LogP contribution in [-0.2, 0) is 11.2 Å². The summed E-state index contributed by atoms with van der Waals surface area (Å²) in [5, 5.41) is 40.8. The lowest BCUT2D eigenvalue weighted by Gasteiger charge is -2.33. The van der Waals surface area contributed by atoms with Crippen molar-refractivity contribution in [1.29, 1.82) is 5.26 Å². The molecule has 0 fully saturated rings. The van der Waals surface area contributed by atoms with E-state index in [1.54, 1.807) is 48.7 Å². The summed E-state index contributed by atoms with van der Waals surface area (Å²) in [6.07, 6.45) is 4.83. The Bertz CT molecular complexity index is 1410. The molecule has 0 bridgehead atoms. The van der Waals surface area contributed by atoms with Crippen molar-refractivity contribution >= 4 is 17.7 Å². The average molecular weight is 642 g/mol. The zero-order valence-corrected chi connectivity index (χ0v) is 27.2. The molecule has 2 aromatic carbocycles. The van der Waals surface area contributed by atoms with Crippen molar-refractivity contribution in [3.05, 3.63) is 102 Å². The lowest BCUT2D eigenvalue weighted by Crippen LogP contribution is -2.59. The number of nitrogens with zero attached hydrogens (tertiary/aromatic N) is 2. The van der Waals surface area contributed by atoms with E-state index in [4.69, 9.17) is 0 Å². The van der Waals surface area contributed by atoms with Crippen LogP contribution in [0.2, 0.25) is 0 Å². The van der Waals surface area contributed by atoms with E-state index in [-0.39, 0.29) is 12.8 Å². The van der Waals surface area contributed by atoms with Crippen molar-refractivity contribution in [2.24, 2.45) is 5.92 Å². The highest BCUT2D eigenvalue weighted by molar-refractivity contribution is 5.97. The summed E-state index contributed by atoms with van der Waals surface area (Å²) >= 11 is 0. The Kier molecular flexibility index (Phi) is 15.5. The maximum atomic E-state index is 14.0. The molecule has 10 nitrogen and oxygen atoms in total. The van der Waals surface area contributed by atoms with Crippen LogP contribution in [0.25, 0.3) is 0 Å². The number of hydrogen-bond donors (Lipinski definition) is 5. The Morgan fingerprint density at radius 3 is 1.94 bits per heavy atom. The highest BCUT2D eigenvalue weighted by atomic mass is 16.3. The highest BCUT2D eigenvalue weighted by Gasteiger charge is 2.36. The molecule has 47 heavy (non-hydrogen) atoms. The van der Waals surface area contributed by atoms with Gasteiger partial charge < -0.3 is 26.2 Å². The first-order valence-corrected chi connectivity index (χ1v) is 16.4. The number of nitriles is 1. The summed E-state index contributed by atoms with van der Waals surface area (Å²) in [5.41, 5.74) is 1.44. The van der Waals surface area contributed by atoms with Crippen LogP contribution in [0.1, 0.15) is 85.1 Å². The Balaban J connectivity index is 1.86. The van der Waals surface area contributed by atoms with Crippen molar-refractivity contribution in [3.63, 3.8) is 0 Å². The second kappa shape index (κ2) is 19.8. The number of pyridine rings is 1. The van der Waals surface area contributed by atoms with Crippen LogP contribution in [-0.4, -0.2) is 63.3 Å². The molecule has 0 unspecified atom stereocenters. The smallest absolute Gasteiger partial charge is 0.253 e. The molecule has 0 radical (unpaired) electrons. The van der Waals surface area contributed by atoms with Gasteiger partial charge in [-0.15, -0.1) is 0 Å². The predicted octanol–water partition coefficient (Wildman–Crippen LogP) is 4.34. The van der Waals surface area contributed by atoms with Crippen LogP contribution in [0.5, 0.6) is 0 Å². The number of aromatic nitrogens is 1. The van der Waals surface area contributed by atoms with Gasteiger partial charge in [0.2, 0.25) is 5.91 Å². The number of carbonyl (C=O) groups is 3. The molecule has 0 aliphatic rings. The predicted molar refractivity (Wildman–Crippen MR) is 180 cm³/mol. The SMILES string of the molecule is CCCC(CCC)CC[C@@H](NC(=O)c1cccnc1)C(=O)N[C@H](Cc1ccccc1)[C@@H](O)[C@H](O)[C@H](CC#N)NC(=O)c1ccccc1. The molecule has 0 saturated carbocycles. The Labute approximate surface area is 277 Å². The van der Waals surface area contributed by atoms with Crippen LogP contribution < -0.4 is 16.0 Å². The van der Waals surface area contributed by atoms with Gasteiger partial charge in [0, 0.05) is 18.0 Å². The number of hydrogen-bond acceptors (Lipinski definition) is 7. The fraction of sp³-hybridized carbons (Fsp3) is 0.432. The summed E-state index contributed by atoms with van der Waals surface area (Å²) in [4.78, 5) is 44.0. The van der Waals surface area contributed by atoms with Crippen LogP contribution in [0.4, 0.5) is 0 Å². The lowest BCUT2D eigenvalue weighted by molar-refractivity contribution is -0.125. The van der Waals surface area contributed by atoms with Gasteiger partial charge in [0.1, 0.15) is 18.2 Å². The van der Waals surface area contributed by atoms with E-state index in [1.807, 2.05) is 36.4 Å². The summed E-state index contributed by atoms with van der Waals surface area (Å²) < 4.78 is 0. The van der Waals surface area contributed by atoms with Gasteiger partial charge in [0.15, 0.2) is 0 Å². The van der Waals surface area contributed by atoms with Crippen LogP contribution in [0.15, 0.2) is 85.2 Å². The third-order valence-electron chi connectivity index (χ3n) is 8.27. The molecule has 1 heterocycles. The van der Waals surface area contributed by atoms with Crippen molar-refractivity contribution in [2.45, 2.75) is 95.5 Å². The maximum Gasteiger partial charge on any atom is 0.253 e. The van der Waals surface area contributed by atoms with Gasteiger partial charge in [-0.3, -0.25) is 19.4 Å². The molecule has 0 aliphatic heterocycles. The van der Waals surface area contributed by atoms with Crippen molar-refractivity contribution in [2.75, 3.05) is 0 Å². The average Bonchev–Trinajstić information content (AvgIpc) is 3.10. The minimum Gasteiger partial charge on any atom is -0.388 e. The minimum atomic E-state index is -1.60. The summed E-state index contributed by atoms with van der Waals surface area (Å²) in [5.74, 6) is -1.07. The second-order valence-electron chi connectivity index (χ2n) is 11.9. The van der Waals surface area contributed by atoms with Crippen molar-refractivity contribution in [3.8, 4) is 6.07 Å². The van der Waals surface area contributed by atoms with Gasteiger partial charge in [-0.05, 0) is 55.0 Å². The number of amides is 3. The number of aliphatic hydroxyl groups is 2. The topological polar surface area (TPSA) is 164 Å². The van der Waals surface area contributed by atoms with Gasteiger partial charge in [-0.25, -0.2) is 0 Å². The van der Waals surface area contributed by atoms with Crippen LogP contribution in [0.3, 0.4) is 0 Å². The second-order valence-corrected chi connectivity index (χ2v) is 11.9. The zero-order chi connectivity index (χ0) is 34.0. The van der Waals surface area contributed by atoms with E-state index in [0.29, 0.717) is 23.5 Å². The number of carbonyl (C=O) groups excluding carboxylic acids is 3. The van der Waals surface area contributed by atoms with Crippen LogP contribution >= 0.6 is 0 Å². The standard InChI is InChI=1S/C37H47N5O5/c1-3-12-26(13-4-2)19-20-31(41-36(46)29-18-11-23-39-25-29)37(47)42-32(24-27-14-7-5-8-15-27)34(44)33(43)30(21-22-38)40-35(45)28-16-9-6-10-17-28/h5-11,14-18,23,25-26,30-34,43-44H,3-4,12-13,19-21,24H2,1-2H3,(H,40,45)(H,41,46)(H,42,47)/t30-,31+,32+,33+,34+/m0/s1. The molecule has 0 spiro atoms. The molecule has 1 aromatic heterocycles. The summed E-state index contributed by atoms with van der Waals surface area (Å²) in [6.45, 7) is 4.25. The van der Waals surface area contributed by atoms with Crippen molar-refractivity contribution < 1.29 is 24.6 Å². The fourth-order valence-electron chi connectivity index (χ4n) is 5.74. The summed E-state index contributed by atoms with van der Waals surface area (Å²) in [7, 11) is 0. The van der Waals surface area contributed by atoms with Gasteiger partial charge >= 0.3 is 0 Å². The minimum absolute atomic E-state index is 0.147. The highest BCUT2D eigenvalue weighted by Crippen LogP contribution is 2.21. The van der Waals surface area contributed by atoms with Gasteiger partial charge in [0.25, 0.3) is 11.8 Å². The molecule has 3 amide bonds. The fourth-order valence-corrected chi connectivity index (χ4v) is 5.74. The lowest BCUT2D eigenvalue weighted by atomic mass is 9.90. The maximum absolute atomic E-state index is 14.0.